The molecule has 192 valence electrons. The second kappa shape index (κ2) is 10.4. The zero-order chi connectivity index (χ0) is 26.0. The number of halogens is 1. The van der Waals surface area contributed by atoms with Crippen molar-refractivity contribution in [1.29, 1.82) is 0 Å². The summed E-state index contributed by atoms with van der Waals surface area (Å²) in [6.45, 7) is 5.72. The average Bonchev–Trinajstić information content (AvgIpc) is 3.08. The number of nitrogens with zero attached hydrogens (tertiary/aromatic N) is 3. The Kier molecular flexibility index (Phi) is 7.45. The Bertz CT molecular complexity index is 1160. The molecule has 2 aromatic carbocycles. The molecule has 0 bridgehead atoms. The number of rotatable bonds is 7. The van der Waals surface area contributed by atoms with Gasteiger partial charge in [-0.1, -0.05) is 29.8 Å². The van der Waals surface area contributed by atoms with Gasteiger partial charge in [-0.3, -0.25) is 14.5 Å². The molecular formula is C28H35FN4O3. The van der Waals surface area contributed by atoms with Crippen molar-refractivity contribution in [2.24, 2.45) is 5.92 Å². The summed E-state index contributed by atoms with van der Waals surface area (Å²) in [4.78, 5) is 45.1. The second-order valence-corrected chi connectivity index (χ2v) is 10.4. The van der Waals surface area contributed by atoms with Crippen LogP contribution in [-0.4, -0.2) is 78.4 Å². The van der Waals surface area contributed by atoms with E-state index in [0.717, 1.165) is 11.1 Å². The number of piperidine rings is 1. The lowest BCUT2D eigenvalue weighted by molar-refractivity contribution is -0.134. The van der Waals surface area contributed by atoms with E-state index in [9.17, 15) is 18.8 Å². The van der Waals surface area contributed by atoms with Crippen LogP contribution in [-0.2, 0) is 11.2 Å². The van der Waals surface area contributed by atoms with Gasteiger partial charge in [-0.25, -0.2) is 9.18 Å². The van der Waals surface area contributed by atoms with E-state index in [1.807, 2.05) is 55.9 Å². The predicted molar refractivity (Wildman–Crippen MR) is 136 cm³/mol. The average molecular weight is 495 g/mol. The molecule has 0 aliphatic carbocycles. The number of likely N-dealkylation sites (N-methyl/N-ethyl adjacent to an activating group) is 1. The smallest absolute Gasteiger partial charge is 0.325 e. The molecule has 2 aliphatic rings. The van der Waals surface area contributed by atoms with Crippen molar-refractivity contribution >= 4 is 17.8 Å². The quantitative estimate of drug-likeness (QED) is 0.599. The van der Waals surface area contributed by atoms with Gasteiger partial charge in [-0.05, 0) is 76.0 Å². The number of aryl methyl sites for hydroxylation is 2. The second-order valence-electron chi connectivity index (χ2n) is 10.4. The van der Waals surface area contributed by atoms with Crippen LogP contribution in [0.4, 0.5) is 9.18 Å². The summed E-state index contributed by atoms with van der Waals surface area (Å²) < 4.78 is 14.0. The summed E-state index contributed by atoms with van der Waals surface area (Å²) in [5.74, 6) is -0.830. The number of nitrogens with one attached hydrogen (secondary N) is 1. The van der Waals surface area contributed by atoms with Gasteiger partial charge in [0.25, 0.3) is 11.8 Å². The fraction of sp³-hybridized carbons (Fsp3) is 0.464. The third-order valence-electron chi connectivity index (χ3n) is 7.45. The molecule has 2 heterocycles. The first kappa shape index (κ1) is 25.8. The molecule has 1 atom stereocenters. The number of hydrogen-bond donors (Lipinski definition) is 1. The lowest BCUT2D eigenvalue weighted by Crippen LogP contribution is -2.58. The summed E-state index contributed by atoms with van der Waals surface area (Å²) in [5.41, 5.74) is 2.16. The first-order valence-corrected chi connectivity index (χ1v) is 12.5. The number of likely N-dealkylation sites (tertiary alicyclic amines) is 1. The van der Waals surface area contributed by atoms with Gasteiger partial charge in [0.15, 0.2) is 0 Å². The zero-order valence-electron chi connectivity index (χ0n) is 21.5. The van der Waals surface area contributed by atoms with Crippen molar-refractivity contribution in [3.05, 3.63) is 70.5 Å². The van der Waals surface area contributed by atoms with Crippen molar-refractivity contribution in [2.75, 3.05) is 40.3 Å². The Morgan fingerprint density at radius 1 is 1.11 bits per heavy atom. The molecule has 4 amide bonds. The monoisotopic (exact) mass is 494 g/mol. The van der Waals surface area contributed by atoms with E-state index in [1.54, 1.807) is 12.1 Å². The van der Waals surface area contributed by atoms with Gasteiger partial charge in [0.2, 0.25) is 0 Å². The van der Waals surface area contributed by atoms with Crippen LogP contribution in [0.3, 0.4) is 0 Å². The predicted octanol–water partition coefficient (Wildman–Crippen LogP) is 3.39. The van der Waals surface area contributed by atoms with Crippen LogP contribution in [0, 0.1) is 25.6 Å². The minimum Gasteiger partial charge on any atom is -0.339 e. The van der Waals surface area contributed by atoms with Gasteiger partial charge in [-0.15, -0.1) is 0 Å². The maximum absolute atomic E-state index is 14.0. The molecular weight excluding hydrogens is 459 g/mol. The lowest BCUT2D eigenvalue weighted by Gasteiger charge is -2.41. The van der Waals surface area contributed by atoms with E-state index in [4.69, 9.17) is 0 Å². The summed E-state index contributed by atoms with van der Waals surface area (Å²) >= 11 is 0. The van der Waals surface area contributed by atoms with E-state index in [1.165, 1.54) is 17.0 Å². The highest BCUT2D eigenvalue weighted by atomic mass is 19.1. The lowest BCUT2D eigenvalue weighted by atomic mass is 9.73. The minimum absolute atomic E-state index is 0.0109. The van der Waals surface area contributed by atoms with Gasteiger partial charge >= 0.3 is 6.03 Å². The van der Waals surface area contributed by atoms with Crippen LogP contribution < -0.4 is 5.32 Å². The fourth-order valence-electron chi connectivity index (χ4n) is 5.37. The maximum Gasteiger partial charge on any atom is 0.325 e. The number of urea groups is 1. The molecule has 0 saturated carbocycles. The Labute approximate surface area is 212 Å². The molecule has 0 radical (unpaired) electrons. The largest absolute Gasteiger partial charge is 0.339 e. The summed E-state index contributed by atoms with van der Waals surface area (Å²) in [7, 11) is 3.78. The van der Waals surface area contributed by atoms with Crippen molar-refractivity contribution in [2.45, 2.75) is 38.6 Å². The van der Waals surface area contributed by atoms with Gasteiger partial charge in [0.1, 0.15) is 11.4 Å². The molecule has 36 heavy (non-hydrogen) atoms. The molecule has 1 N–H and O–H groups in total. The van der Waals surface area contributed by atoms with E-state index >= 15 is 0 Å². The normalized spacial score (nSPS) is 20.8. The Morgan fingerprint density at radius 2 is 1.83 bits per heavy atom. The van der Waals surface area contributed by atoms with Gasteiger partial charge in [0, 0.05) is 38.2 Å². The molecule has 7 nitrogen and oxygen atoms in total. The number of imide groups is 1. The van der Waals surface area contributed by atoms with Crippen molar-refractivity contribution < 1.29 is 18.8 Å². The molecule has 2 fully saturated rings. The molecule has 0 aromatic heterocycles. The van der Waals surface area contributed by atoms with Crippen LogP contribution >= 0.6 is 0 Å². The summed E-state index contributed by atoms with van der Waals surface area (Å²) in [6, 6.07) is 11.6. The fourth-order valence-corrected chi connectivity index (χ4v) is 5.37. The van der Waals surface area contributed by atoms with E-state index in [0.29, 0.717) is 43.6 Å². The number of hydrogen-bond acceptors (Lipinski definition) is 4. The molecule has 2 saturated heterocycles. The van der Waals surface area contributed by atoms with Gasteiger partial charge in [-0.2, -0.15) is 0 Å². The first-order chi connectivity index (χ1) is 17.1. The molecule has 4 rings (SSSR count). The highest BCUT2D eigenvalue weighted by Crippen LogP contribution is 2.37. The van der Waals surface area contributed by atoms with Crippen LogP contribution in [0.5, 0.6) is 0 Å². The number of carbonyl (C=O) groups is 3. The van der Waals surface area contributed by atoms with Crippen molar-refractivity contribution in [3.8, 4) is 0 Å². The molecule has 8 heteroatoms. The topological polar surface area (TPSA) is 73.0 Å². The third kappa shape index (κ3) is 5.14. The number of amides is 4. The highest BCUT2D eigenvalue weighted by Gasteiger charge is 2.56. The van der Waals surface area contributed by atoms with Gasteiger partial charge in [0.05, 0.1) is 0 Å². The van der Waals surface area contributed by atoms with Crippen molar-refractivity contribution in [1.82, 2.24) is 20.0 Å². The van der Waals surface area contributed by atoms with Crippen LogP contribution in [0.2, 0.25) is 0 Å². The highest BCUT2D eigenvalue weighted by molar-refractivity contribution is 6.07. The minimum atomic E-state index is -1.16. The van der Waals surface area contributed by atoms with E-state index in [2.05, 4.69) is 5.32 Å². The molecule has 0 spiro atoms. The summed E-state index contributed by atoms with van der Waals surface area (Å²) in [5, 5.41) is 3.01. The summed E-state index contributed by atoms with van der Waals surface area (Å²) in [6.07, 6.45) is 1.35. The Hall–Kier alpha value is -3.26. The maximum atomic E-state index is 14.0. The molecule has 2 aromatic rings. The third-order valence-corrected chi connectivity index (χ3v) is 7.45. The SMILES string of the molecule is Cc1ccc(C)c(C(=O)N2CCC([C@@]3(Cc4cccc(F)c4)NC(=O)N(CCN(C)C)C3=O)CC2)c1. The molecule has 0 unspecified atom stereocenters. The van der Waals surface area contributed by atoms with Crippen molar-refractivity contribution in [3.63, 3.8) is 0 Å². The zero-order valence-corrected chi connectivity index (χ0v) is 21.5. The standard InChI is InChI=1S/C28H35FN4O3/c1-19-8-9-20(2)24(16-19)25(34)32-12-10-22(11-13-32)28(18-21-6-5-7-23(29)17-21)26(35)33(27(36)30-28)15-14-31(3)4/h5-9,16-17,22H,10-15,18H2,1-4H3,(H,30,36)/t28-/m1/s1. The van der Waals surface area contributed by atoms with Crippen LogP contribution in [0.1, 0.15) is 39.9 Å². The number of benzene rings is 2. The number of carbonyl (C=O) groups excluding carboxylic acids is 3. The molecule has 2 aliphatic heterocycles. The van der Waals surface area contributed by atoms with E-state index < -0.39 is 11.6 Å². The van der Waals surface area contributed by atoms with E-state index in [-0.39, 0.29) is 36.5 Å². The Morgan fingerprint density at radius 3 is 2.50 bits per heavy atom. The first-order valence-electron chi connectivity index (χ1n) is 12.5. The Balaban J connectivity index is 1.57. The van der Waals surface area contributed by atoms with Crippen LogP contribution in [0.25, 0.3) is 0 Å². The van der Waals surface area contributed by atoms with Gasteiger partial charge < -0.3 is 15.1 Å². The van der Waals surface area contributed by atoms with Crippen LogP contribution in [0.15, 0.2) is 42.5 Å².